The van der Waals surface area contributed by atoms with Crippen molar-refractivity contribution in [1.82, 2.24) is 13.9 Å². The Morgan fingerprint density at radius 2 is 1.22 bits per heavy atom. The van der Waals surface area contributed by atoms with Crippen LogP contribution in [0.5, 0.6) is 0 Å². The summed E-state index contributed by atoms with van der Waals surface area (Å²) in [5.41, 5.74) is 1.96. The number of unbranched alkanes of at least 4 members (excludes halogenated alkanes) is 1. The number of sulfonamides is 2. The van der Waals surface area contributed by atoms with Crippen molar-refractivity contribution in [3.63, 3.8) is 0 Å². The van der Waals surface area contributed by atoms with Gasteiger partial charge in [0.15, 0.2) is 0 Å². The van der Waals surface area contributed by atoms with Crippen LogP contribution in [0.2, 0.25) is 0 Å². The molecule has 0 atom stereocenters. The van der Waals surface area contributed by atoms with Gasteiger partial charge in [-0.2, -0.15) is 8.61 Å². The molecule has 0 unspecified atom stereocenters. The fourth-order valence-corrected chi connectivity index (χ4v) is 7.04. The van der Waals surface area contributed by atoms with E-state index in [2.05, 4.69) is 5.32 Å². The second kappa shape index (κ2) is 12.8. The molecule has 3 rings (SSSR count). The molecule has 2 aromatic carbocycles. The number of nitrogens with zero attached hydrogens (tertiary/aromatic N) is 2. The highest BCUT2D eigenvalue weighted by atomic mass is 32.2. The maximum atomic E-state index is 13.4. The Labute approximate surface area is 215 Å². The summed E-state index contributed by atoms with van der Waals surface area (Å²) in [4.78, 5) is 11.0. The third-order valence-electron chi connectivity index (χ3n) is 6.35. The number of amides is 1. The van der Waals surface area contributed by atoms with E-state index >= 15 is 0 Å². The quantitative estimate of drug-likeness (QED) is 0.262. The van der Waals surface area contributed by atoms with Crippen molar-refractivity contribution in [3.05, 3.63) is 59.7 Å². The van der Waals surface area contributed by atoms with Crippen LogP contribution in [0.15, 0.2) is 58.3 Å². The zero-order chi connectivity index (χ0) is 26.2. The minimum atomic E-state index is -3.74. The van der Waals surface area contributed by atoms with Gasteiger partial charge >= 0.3 is 0 Å². The molecule has 0 radical (unpaired) electrons. The standard InChI is InChI=1S/C26H37N3O5S2/c1-22-6-12-25(13-7-22)35(31,32)28(17-4-3-16-27-21-30)18-5-19-29(20-24-10-11-24)36(33,34)26-14-8-23(2)9-15-26/h6-9,12-15,21,24H,3-5,10-11,16-20H2,1-2H3,(H,27,30). The molecule has 0 saturated heterocycles. The Bertz CT molecular complexity index is 1190. The van der Waals surface area contributed by atoms with Gasteiger partial charge in [-0.15, -0.1) is 0 Å². The monoisotopic (exact) mass is 535 g/mol. The number of carbonyl (C=O) groups excluding carboxylic acids is 1. The Balaban J connectivity index is 1.72. The number of benzene rings is 2. The average Bonchev–Trinajstić information content (AvgIpc) is 3.66. The van der Waals surface area contributed by atoms with Crippen LogP contribution in [-0.2, 0) is 24.8 Å². The molecule has 8 nitrogen and oxygen atoms in total. The van der Waals surface area contributed by atoms with Crippen molar-refractivity contribution >= 4 is 26.5 Å². The molecular weight excluding hydrogens is 498 g/mol. The third kappa shape index (κ3) is 7.86. The summed E-state index contributed by atoms with van der Waals surface area (Å²) in [6.07, 6.45) is 4.28. The highest BCUT2D eigenvalue weighted by Gasteiger charge is 2.32. The number of aryl methyl sites for hydroxylation is 2. The molecule has 0 aromatic heterocycles. The maximum Gasteiger partial charge on any atom is 0.243 e. The molecule has 1 saturated carbocycles. The molecule has 1 amide bonds. The molecule has 0 heterocycles. The van der Waals surface area contributed by atoms with Crippen molar-refractivity contribution in [2.45, 2.75) is 55.7 Å². The summed E-state index contributed by atoms with van der Waals surface area (Å²) in [5, 5.41) is 2.59. The number of hydrogen-bond donors (Lipinski definition) is 1. The van der Waals surface area contributed by atoms with E-state index in [-0.39, 0.29) is 22.9 Å². The number of hydrogen-bond acceptors (Lipinski definition) is 5. The van der Waals surface area contributed by atoms with E-state index < -0.39 is 20.0 Å². The van der Waals surface area contributed by atoms with Crippen molar-refractivity contribution < 1.29 is 21.6 Å². The highest BCUT2D eigenvalue weighted by molar-refractivity contribution is 7.89. The van der Waals surface area contributed by atoms with Gasteiger partial charge in [-0.05, 0) is 76.1 Å². The SMILES string of the molecule is Cc1ccc(S(=O)(=O)N(CCCCNC=O)CCCN(CC2CC2)S(=O)(=O)c2ccc(C)cc2)cc1. The first-order chi connectivity index (χ1) is 17.1. The van der Waals surface area contributed by atoms with Gasteiger partial charge < -0.3 is 5.32 Å². The second-order valence-electron chi connectivity index (χ2n) is 9.47. The van der Waals surface area contributed by atoms with Crippen molar-refractivity contribution in [3.8, 4) is 0 Å². The van der Waals surface area contributed by atoms with E-state index in [1.54, 1.807) is 48.5 Å². The van der Waals surface area contributed by atoms with Crippen LogP contribution in [0, 0.1) is 19.8 Å². The Morgan fingerprint density at radius 3 is 1.72 bits per heavy atom. The smallest absolute Gasteiger partial charge is 0.243 e. The topological polar surface area (TPSA) is 104 Å². The third-order valence-corrected chi connectivity index (χ3v) is 10.1. The van der Waals surface area contributed by atoms with Crippen molar-refractivity contribution in [2.24, 2.45) is 5.92 Å². The summed E-state index contributed by atoms with van der Waals surface area (Å²) < 4.78 is 56.5. The number of carbonyl (C=O) groups is 1. The first kappa shape index (κ1) is 28.3. The van der Waals surface area contributed by atoms with E-state index in [1.807, 2.05) is 13.8 Å². The van der Waals surface area contributed by atoms with Gasteiger partial charge in [0.1, 0.15) is 0 Å². The van der Waals surface area contributed by atoms with E-state index in [0.29, 0.717) is 51.2 Å². The fraction of sp³-hybridized carbons (Fsp3) is 0.500. The normalized spacial score (nSPS) is 14.3. The lowest BCUT2D eigenvalue weighted by atomic mass is 10.2. The molecule has 10 heteroatoms. The van der Waals surface area contributed by atoms with E-state index in [9.17, 15) is 21.6 Å². The Kier molecular flexibility index (Phi) is 10.1. The summed E-state index contributed by atoms with van der Waals surface area (Å²) >= 11 is 0. The molecule has 1 N–H and O–H groups in total. The van der Waals surface area contributed by atoms with Crippen molar-refractivity contribution in [2.75, 3.05) is 32.7 Å². The number of nitrogens with one attached hydrogen (secondary N) is 1. The first-order valence-electron chi connectivity index (χ1n) is 12.5. The van der Waals surface area contributed by atoms with Crippen molar-refractivity contribution in [1.29, 1.82) is 0 Å². The van der Waals surface area contributed by atoms with Crippen LogP contribution in [0.25, 0.3) is 0 Å². The Hall–Kier alpha value is -2.27. The van der Waals surface area contributed by atoms with Gasteiger partial charge in [0.2, 0.25) is 26.5 Å². The van der Waals surface area contributed by atoms with Crippen LogP contribution in [0.3, 0.4) is 0 Å². The van der Waals surface area contributed by atoms with Gasteiger partial charge in [-0.25, -0.2) is 16.8 Å². The lowest BCUT2D eigenvalue weighted by Gasteiger charge is -2.26. The maximum absolute atomic E-state index is 13.4. The molecule has 36 heavy (non-hydrogen) atoms. The second-order valence-corrected chi connectivity index (χ2v) is 13.3. The fourth-order valence-electron chi connectivity index (χ4n) is 3.97. The molecule has 0 spiro atoms. The molecule has 2 aromatic rings. The van der Waals surface area contributed by atoms with Crippen LogP contribution < -0.4 is 5.32 Å². The molecular formula is C26H37N3O5S2. The van der Waals surface area contributed by atoms with E-state index in [4.69, 9.17) is 0 Å². The van der Waals surface area contributed by atoms with Gasteiger partial charge in [-0.3, -0.25) is 4.79 Å². The van der Waals surface area contributed by atoms with Gasteiger partial charge in [-0.1, -0.05) is 35.4 Å². The van der Waals surface area contributed by atoms with E-state index in [1.165, 1.54) is 8.61 Å². The average molecular weight is 536 g/mol. The minimum Gasteiger partial charge on any atom is -0.359 e. The zero-order valence-corrected chi connectivity index (χ0v) is 22.7. The van der Waals surface area contributed by atoms with Gasteiger partial charge in [0.05, 0.1) is 9.79 Å². The predicted octanol–water partition coefficient (Wildman–Crippen LogP) is 3.31. The minimum absolute atomic E-state index is 0.210. The zero-order valence-electron chi connectivity index (χ0n) is 21.1. The molecule has 198 valence electrons. The van der Waals surface area contributed by atoms with Crippen LogP contribution in [-0.4, -0.2) is 64.6 Å². The molecule has 1 aliphatic rings. The van der Waals surface area contributed by atoms with Crippen LogP contribution in [0.1, 0.15) is 43.2 Å². The lowest BCUT2D eigenvalue weighted by Crippen LogP contribution is -2.38. The Morgan fingerprint density at radius 1 is 0.750 bits per heavy atom. The molecule has 1 aliphatic carbocycles. The summed E-state index contributed by atoms with van der Waals surface area (Å²) in [5.74, 6) is 0.364. The number of rotatable bonds is 16. The van der Waals surface area contributed by atoms with Gasteiger partial charge in [0, 0.05) is 32.7 Å². The summed E-state index contributed by atoms with van der Waals surface area (Å²) in [7, 11) is -7.40. The largest absolute Gasteiger partial charge is 0.359 e. The molecule has 0 bridgehead atoms. The van der Waals surface area contributed by atoms with Crippen LogP contribution in [0.4, 0.5) is 0 Å². The lowest BCUT2D eigenvalue weighted by molar-refractivity contribution is -0.109. The molecule has 0 aliphatic heterocycles. The highest BCUT2D eigenvalue weighted by Crippen LogP contribution is 2.32. The van der Waals surface area contributed by atoms with Crippen LogP contribution >= 0.6 is 0 Å². The molecule has 1 fully saturated rings. The summed E-state index contributed by atoms with van der Waals surface area (Å²) in [6.45, 7) is 5.50. The van der Waals surface area contributed by atoms with Gasteiger partial charge in [0.25, 0.3) is 0 Å². The first-order valence-corrected chi connectivity index (χ1v) is 15.3. The predicted molar refractivity (Wildman–Crippen MR) is 141 cm³/mol. The summed E-state index contributed by atoms with van der Waals surface area (Å²) in [6, 6.07) is 13.6. The van der Waals surface area contributed by atoms with E-state index in [0.717, 1.165) is 24.0 Å².